The van der Waals surface area contributed by atoms with E-state index in [4.69, 9.17) is 5.11 Å². The Morgan fingerprint density at radius 2 is 2.28 bits per heavy atom. The van der Waals surface area contributed by atoms with Crippen molar-refractivity contribution in [1.29, 1.82) is 0 Å². The first kappa shape index (κ1) is 14.4. The van der Waals surface area contributed by atoms with Crippen LogP contribution in [0.15, 0.2) is 5.38 Å². The summed E-state index contributed by atoms with van der Waals surface area (Å²) >= 11 is 1.28. The minimum Gasteiger partial charge on any atom is -0.476 e. The second-order valence-corrected chi connectivity index (χ2v) is 4.83. The summed E-state index contributed by atoms with van der Waals surface area (Å²) in [5.41, 5.74) is 0.0547. The van der Waals surface area contributed by atoms with E-state index >= 15 is 0 Å². The molecule has 18 heavy (non-hydrogen) atoms. The third-order valence-corrected chi connectivity index (χ3v) is 3.29. The molecule has 0 fully saturated rings. The van der Waals surface area contributed by atoms with Gasteiger partial charge >= 0.3 is 12.0 Å². The highest BCUT2D eigenvalue weighted by molar-refractivity contribution is 7.09. The molecule has 0 aromatic carbocycles. The van der Waals surface area contributed by atoms with Crippen molar-refractivity contribution in [3.05, 3.63) is 16.1 Å². The van der Waals surface area contributed by atoms with E-state index in [9.17, 15) is 9.59 Å². The van der Waals surface area contributed by atoms with Crippen LogP contribution >= 0.6 is 11.3 Å². The zero-order chi connectivity index (χ0) is 13.5. The highest BCUT2D eigenvalue weighted by atomic mass is 32.1. The van der Waals surface area contributed by atoms with Gasteiger partial charge < -0.3 is 15.7 Å². The van der Waals surface area contributed by atoms with Crippen LogP contribution in [0, 0.1) is 0 Å². The second-order valence-electron chi connectivity index (χ2n) is 3.89. The molecule has 3 N–H and O–H groups in total. The lowest BCUT2D eigenvalue weighted by molar-refractivity contribution is 0.0691. The Balaban J connectivity index is 2.28. The number of carboxylic acids is 1. The largest absolute Gasteiger partial charge is 0.476 e. The van der Waals surface area contributed by atoms with Crippen molar-refractivity contribution in [3.63, 3.8) is 0 Å². The molecule has 0 radical (unpaired) electrons. The third-order valence-electron chi connectivity index (χ3n) is 2.39. The van der Waals surface area contributed by atoms with Crippen molar-refractivity contribution in [1.82, 2.24) is 15.6 Å². The third kappa shape index (κ3) is 4.70. The minimum absolute atomic E-state index is 0.0547. The van der Waals surface area contributed by atoms with Crippen molar-refractivity contribution in [2.45, 2.75) is 32.7 Å². The number of nitrogens with zero attached hydrogens (tertiary/aromatic N) is 1. The number of aromatic nitrogens is 1. The highest BCUT2D eigenvalue weighted by Crippen LogP contribution is 2.09. The fraction of sp³-hybridized carbons (Fsp3) is 0.545. The summed E-state index contributed by atoms with van der Waals surface area (Å²) in [6.07, 6.45) is 1.41. The molecule has 1 atom stereocenters. The maximum atomic E-state index is 11.4. The first-order valence-electron chi connectivity index (χ1n) is 5.75. The van der Waals surface area contributed by atoms with Crippen molar-refractivity contribution >= 4 is 23.3 Å². The molecule has 0 spiro atoms. The zero-order valence-electron chi connectivity index (χ0n) is 10.4. The van der Waals surface area contributed by atoms with Gasteiger partial charge in [-0.3, -0.25) is 0 Å². The Kier molecular flexibility index (Phi) is 5.57. The summed E-state index contributed by atoms with van der Waals surface area (Å²) in [5, 5.41) is 16.4. The number of hydrogen-bond donors (Lipinski definition) is 3. The van der Waals surface area contributed by atoms with Crippen LogP contribution in [0.2, 0.25) is 0 Å². The van der Waals surface area contributed by atoms with Crippen molar-refractivity contribution in [2.24, 2.45) is 0 Å². The Morgan fingerprint density at radius 3 is 2.83 bits per heavy atom. The molecule has 100 valence electrons. The molecule has 0 aliphatic heterocycles. The number of rotatable bonds is 6. The van der Waals surface area contributed by atoms with Gasteiger partial charge in [-0.25, -0.2) is 14.6 Å². The van der Waals surface area contributed by atoms with Gasteiger partial charge in [-0.05, 0) is 13.3 Å². The molecule has 6 nitrogen and oxygen atoms in total. The SMILES string of the molecule is CCC(C)NC(=O)NCCc1nc(C(=O)O)cs1. The van der Waals surface area contributed by atoms with Gasteiger partial charge in [0.05, 0.1) is 5.01 Å². The first-order chi connectivity index (χ1) is 8.52. The number of thiazole rings is 1. The van der Waals surface area contributed by atoms with E-state index in [-0.39, 0.29) is 17.8 Å². The van der Waals surface area contributed by atoms with Gasteiger partial charge in [0.1, 0.15) is 0 Å². The predicted molar refractivity (Wildman–Crippen MR) is 69.1 cm³/mol. The molecule has 2 amide bonds. The van der Waals surface area contributed by atoms with E-state index < -0.39 is 5.97 Å². The molecule has 0 aliphatic carbocycles. The molecule has 0 saturated heterocycles. The number of urea groups is 1. The number of aromatic carboxylic acids is 1. The number of nitrogens with one attached hydrogen (secondary N) is 2. The van der Waals surface area contributed by atoms with Crippen LogP contribution in [-0.2, 0) is 6.42 Å². The van der Waals surface area contributed by atoms with Crippen molar-refractivity contribution < 1.29 is 14.7 Å². The summed E-state index contributed by atoms with van der Waals surface area (Å²) < 4.78 is 0. The molecule has 0 aliphatic rings. The molecule has 1 rings (SSSR count). The number of amides is 2. The molecule has 1 heterocycles. The lowest BCUT2D eigenvalue weighted by atomic mass is 10.3. The van der Waals surface area contributed by atoms with E-state index in [1.54, 1.807) is 0 Å². The lowest BCUT2D eigenvalue weighted by Gasteiger charge is -2.11. The number of carboxylic acid groups (broad SMARTS) is 1. The lowest BCUT2D eigenvalue weighted by Crippen LogP contribution is -2.41. The number of carbonyl (C=O) groups is 2. The average molecular weight is 271 g/mol. The smallest absolute Gasteiger partial charge is 0.355 e. The molecule has 0 bridgehead atoms. The van der Waals surface area contributed by atoms with Crippen molar-refractivity contribution in [3.8, 4) is 0 Å². The topological polar surface area (TPSA) is 91.3 Å². The summed E-state index contributed by atoms with van der Waals surface area (Å²) in [6, 6.07) is -0.0668. The Hall–Kier alpha value is -1.63. The standard InChI is InChI=1S/C11H17N3O3S/c1-3-7(2)13-11(17)12-5-4-9-14-8(6-18-9)10(15)16/h6-7H,3-5H2,1-2H3,(H,15,16)(H2,12,13,17). The fourth-order valence-corrected chi connectivity index (χ4v) is 1.96. The van der Waals surface area contributed by atoms with Crippen LogP contribution in [0.5, 0.6) is 0 Å². The predicted octanol–water partition coefficient (Wildman–Crippen LogP) is 1.48. The monoisotopic (exact) mass is 271 g/mol. The zero-order valence-corrected chi connectivity index (χ0v) is 11.2. The van der Waals surface area contributed by atoms with Crippen LogP contribution in [0.3, 0.4) is 0 Å². The van der Waals surface area contributed by atoms with Gasteiger partial charge in [0.25, 0.3) is 0 Å². The molecule has 7 heteroatoms. The molecular formula is C11H17N3O3S. The van der Waals surface area contributed by atoms with Crippen molar-refractivity contribution in [2.75, 3.05) is 6.54 Å². The molecule has 1 unspecified atom stereocenters. The Bertz CT molecular complexity index is 419. The van der Waals surface area contributed by atoms with E-state index in [1.807, 2.05) is 13.8 Å². The fourth-order valence-electron chi connectivity index (χ4n) is 1.18. The van der Waals surface area contributed by atoms with E-state index in [0.717, 1.165) is 6.42 Å². The normalized spacial score (nSPS) is 11.9. The number of hydrogen-bond acceptors (Lipinski definition) is 4. The Labute approximate surface area is 109 Å². The summed E-state index contributed by atoms with van der Waals surface area (Å²) in [7, 11) is 0. The van der Waals surface area contributed by atoms with Crippen LogP contribution < -0.4 is 10.6 Å². The minimum atomic E-state index is -1.03. The van der Waals surface area contributed by atoms with Crippen LogP contribution in [0.4, 0.5) is 4.79 Å². The molecular weight excluding hydrogens is 254 g/mol. The summed E-state index contributed by atoms with van der Waals surface area (Å²) in [6.45, 7) is 4.36. The number of carbonyl (C=O) groups excluding carboxylic acids is 1. The van der Waals surface area contributed by atoms with E-state index in [0.29, 0.717) is 18.0 Å². The molecule has 0 saturated carbocycles. The molecule has 1 aromatic rings. The van der Waals surface area contributed by atoms with Gasteiger partial charge in [0.15, 0.2) is 5.69 Å². The van der Waals surface area contributed by atoms with Crippen LogP contribution in [0.25, 0.3) is 0 Å². The first-order valence-corrected chi connectivity index (χ1v) is 6.63. The van der Waals surface area contributed by atoms with E-state index in [2.05, 4.69) is 15.6 Å². The quantitative estimate of drug-likeness (QED) is 0.731. The Morgan fingerprint density at radius 1 is 1.56 bits per heavy atom. The van der Waals surface area contributed by atoms with Crippen LogP contribution in [-0.4, -0.2) is 34.7 Å². The van der Waals surface area contributed by atoms with Gasteiger partial charge in [-0.15, -0.1) is 11.3 Å². The van der Waals surface area contributed by atoms with Gasteiger partial charge in [-0.2, -0.15) is 0 Å². The second kappa shape index (κ2) is 6.95. The maximum Gasteiger partial charge on any atom is 0.355 e. The summed E-state index contributed by atoms with van der Waals surface area (Å²) in [5.74, 6) is -1.03. The average Bonchev–Trinajstić information content (AvgIpc) is 2.77. The molecule has 1 aromatic heterocycles. The highest BCUT2D eigenvalue weighted by Gasteiger charge is 2.09. The van der Waals surface area contributed by atoms with Gasteiger partial charge in [0, 0.05) is 24.4 Å². The summed E-state index contributed by atoms with van der Waals surface area (Å²) in [4.78, 5) is 25.9. The van der Waals surface area contributed by atoms with Gasteiger partial charge in [0.2, 0.25) is 0 Å². The van der Waals surface area contributed by atoms with Gasteiger partial charge in [-0.1, -0.05) is 6.92 Å². The van der Waals surface area contributed by atoms with Crippen LogP contribution in [0.1, 0.15) is 35.8 Å². The maximum absolute atomic E-state index is 11.4. The van der Waals surface area contributed by atoms with E-state index in [1.165, 1.54) is 16.7 Å².